The third-order valence-corrected chi connectivity index (χ3v) is 3.57. The van der Waals surface area contributed by atoms with Crippen molar-refractivity contribution in [3.05, 3.63) is 17.6 Å². The Morgan fingerprint density at radius 3 is 2.94 bits per heavy atom. The maximum absolute atomic E-state index is 9.58. The van der Waals surface area contributed by atoms with Crippen LogP contribution in [0.2, 0.25) is 0 Å². The molecule has 3 rings (SSSR count). The number of nitrogens with zero attached hydrogens (tertiary/aromatic N) is 3. The van der Waals surface area contributed by atoms with Crippen molar-refractivity contribution in [2.24, 2.45) is 0 Å². The minimum absolute atomic E-state index is 0.186. The van der Waals surface area contributed by atoms with Gasteiger partial charge in [0.15, 0.2) is 0 Å². The van der Waals surface area contributed by atoms with Crippen LogP contribution in [-0.4, -0.2) is 34.3 Å². The lowest BCUT2D eigenvalue weighted by Gasteiger charge is -2.23. The highest BCUT2D eigenvalue weighted by atomic mass is 16.3. The number of rotatable bonds is 1. The lowest BCUT2D eigenvalue weighted by atomic mass is 9.96. The van der Waals surface area contributed by atoms with Gasteiger partial charge in [-0.15, -0.1) is 0 Å². The Labute approximate surface area is 95.3 Å². The first-order valence-electron chi connectivity index (χ1n) is 6.10. The van der Waals surface area contributed by atoms with E-state index < -0.39 is 0 Å². The molecule has 4 nitrogen and oxygen atoms in total. The predicted octanol–water partition coefficient (Wildman–Crippen LogP) is 0.926. The highest BCUT2D eigenvalue weighted by Crippen LogP contribution is 2.28. The molecule has 0 saturated carbocycles. The SMILES string of the molecule is O[C@@H]1CCN(c2ncnc3c2CCCC3)C1. The number of hydrogen-bond donors (Lipinski definition) is 1. The quantitative estimate of drug-likeness (QED) is 0.763. The van der Waals surface area contributed by atoms with Gasteiger partial charge in [-0.2, -0.15) is 0 Å². The Hall–Kier alpha value is -1.16. The van der Waals surface area contributed by atoms with Gasteiger partial charge in [0.25, 0.3) is 0 Å². The molecular weight excluding hydrogens is 202 g/mol. The molecule has 0 spiro atoms. The van der Waals surface area contributed by atoms with Gasteiger partial charge in [0.05, 0.1) is 6.10 Å². The molecule has 1 aliphatic heterocycles. The van der Waals surface area contributed by atoms with E-state index >= 15 is 0 Å². The van der Waals surface area contributed by atoms with Crippen LogP contribution in [0.25, 0.3) is 0 Å². The Morgan fingerprint density at radius 2 is 2.12 bits per heavy atom. The summed E-state index contributed by atoms with van der Waals surface area (Å²) in [6, 6.07) is 0. The fourth-order valence-corrected chi connectivity index (χ4v) is 2.71. The van der Waals surface area contributed by atoms with E-state index in [1.165, 1.54) is 24.1 Å². The van der Waals surface area contributed by atoms with Crippen molar-refractivity contribution in [2.45, 2.75) is 38.2 Å². The molecule has 0 unspecified atom stereocenters. The largest absolute Gasteiger partial charge is 0.391 e. The van der Waals surface area contributed by atoms with Crippen LogP contribution in [0.1, 0.15) is 30.5 Å². The molecule has 1 aromatic heterocycles. The zero-order valence-corrected chi connectivity index (χ0v) is 9.39. The zero-order valence-electron chi connectivity index (χ0n) is 9.39. The normalized spacial score (nSPS) is 24.6. The molecule has 1 fully saturated rings. The number of hydrogen-bond acceptors (Lipinski definition) is 4. The topological polar surface area (TPSA) is 49.2 Å². The molecule has 1 saturated heterocycles. The van der Waals surface area contributed by atoms with Crippen LogP contribution in [0.15, 0.2) is 6.33 Å². The average molecular weight is 219 g/mol. The summed E-state index contributed by atoms with van der Waals surface area (Å²) in [5.41, 5.74) is 2.54. The van der Waals surface area contributed by atoms with Crippen molar-refractivity contribution in [1.82, 2.24) is 9.97 Å². The summed E-state index contributed by atoms with van der Waals surface area (Å²) in [6.45, 7) is 1.65. The first kappa shape index (κ1) is 10.0. The van der Waals surface area contributed by atoms with E-state index in [0.29, 0.717) is 0 Å². The van der Waals surface area contributed by atoms with E-state index in [-0.39, 0.29) is 6.10 Å². The van der Waals surface area contributed by atoms with Crippen LogP contribution in [0.4, 0.5) is 5.82 Å². The number of aliphatic hydroxyl groups excluding tert-OH is 1. The molecule has 0 bridgehead atoms. The van der Waals surface area contributed by atoms with Crippen molar-refractivity contribution in [3.63, 3.8) is 0 Å². The van der Waals surface area contributed by atoms with Crippen molar-refractivity contribution in [3.8, 4) is 0 Å². The molecule has 0 radical (unpaired) electrons. The van der Waals surface area contributed by atoms with Crippen molar-refractivity contribution in [2.75, 3.05) is 18.0 Å². The van der Waals surface area contributed by atoms with Gasteiger partial charge in [-0.1, -0.05) is 0 Å². The summed E-state index contributed by atoms with van der Waals surface area (Å²) < 4.78 is 0. The summed E-state index contributed by atoms with van der Waals surface area (Å²) in [7, 11) is 0. The van der Waals surface area contributed by atoms with E-state index in [9.17, 15) is 5.11 Å². The van der Waals surface area contributed by atoms with Gasteiger partial charge >= 0.3 is 0 Å². The first-order chi connectivity index (χ1) is 7.84. The second kappa shape index (κ2) is 4.01. The number of β-amino-alcohol motifs (C(OH)–C–C–N with tert-alkyl or cyclic N) is 1. The summed E-state index contributed by atoms with van der Waals surface area (Å²) >= 11 is 0. The number of aryl methyl sites for hydroxylation is 1. The van der Waals surface area contributed by atoms with Gasteiger partial charge in [0.1, 0.15) is 12.1 Å². The second-order valence-electron chi connectivity index (χ2n) is 4.72. The minimum atomic E-state index is -0.186. The number of aliphatic hydroxyl groups is 1. The van der Waals surface area contributed by atoms with E-state index in [1.54, 1.807) is 6.33 Å². The standard InChI is InChI=1S/C12H17N3O/c16-9-5-6-15(7-9)12-10-3-1-2-4-11(10)13-8-14-12/h8-9,16H,1-7H2/t9-/m1/s1. The molecule has 4 heteroatoms. The van der Waals surface area contributed by atoms with Crippen LogP contribution in [0.3, 0.4) is 0 Å². The highest BCUT2D eigenvalue weighted by molar-refractivity contribution is 5.50. The van der Waals surface area contributed by atoms with Crippen LogP contribution < -0.4 is 4.90 Å². The summed E-state index contributed by atoms with van der Waals surface area (Å²) in [5, 5.41) is 9.58. The smallest absolute Gasteiger partial charge is 0.135 e. The molecule has 86 valence electrons. The van der Waals surface area contributed by atoms with Gasteiger partial charge in [0.2, 0.25) is 0 Å². The van der Waals surface area contributed by atoms with Crippen LogP contribution in [0, 0.1) is 0 Å². The Kier molecular flexibility index (Phi) is 2.52. The van der Waals surface area contributed by atoms with Crippen LogP contribution >= 0.6 is 0 Å². The lowest BCUT2D eigenvalue weighted by molar-refractivity contribution is 0.198. The Balaban J connectivity index is 1.94. The van der Waals surface area contributed by atoms with Crippen molar-refractivity contribution >= 4 is 5.82 Å². The van der Waals surface area contributed by atoms with Crippen molar-refractivity contribution < 1.29 is 5.11 Å². The molecule has 0 amide bonds. The monoisotopic (exact) mass is 219 g/mol. The van der Waals surface area contributed by atoms with E-state index in [0.717, 1.165) is 38.2 Å². The van der Waals surface area contributed by atoms with Crippen molar-refractivity contribution in [1.29, 1.82) is 0 Å². The minimum Gasteiger partial charge on any atom is -0.391 e. The summed E-state index contributed by atoms with van der Waals surface area (Å²) in [5.74, 6) is 1.07. The first-order valence-corrected chi connectivity index (χ1v) is 6.10. The maximum Gasteiger partial charge on any atom is 0.135 e. The van der Waals surface area contributed by atoms with Gasteiger partial charge in [-0.05, 0) is 32.1 Å². The van der Waals surface area contributed by atoms with E-state index in [2.05, 4.69) is 14.9 Å². The number of anilines is 1. The lowest BCUT2D eigenvalue weighted by Crippen LogP contribution is -2.25. The van der Waals surface area contributed by atoms with Gasteiger partial charge in [0, 0.05) is 24.3 Å². The number of aromatic nitrogens is 2. The second-order valence-corrected chi connectivity index (χ2v) is 4.72. The summed E-state index contributed by atoms with van der Waals surface area (Å²) in [4.78, 5) is 11.0. The Bertz CT molecular complexity index is 394. The molecular formula is C12H17N3O. The average Bonchev–Trinajstić information content (AvgIpc) is 2.75. The third kappa shape index (κ3) is 1.67. The van der Waals surface area contributed by atoms with E-state index in [1.807, 2.05) is 0 Å². The predicted molar refractivity (Wildman–Crippen MR) is 61.5 cm³/mol. The fourth-order valence-electron chi connectivity index (χ4n) is 2.71. The zero-order chi connectivity index (χ0) is 11.0. The van der Waals surface area contributed by atoms with E-state index in [4.69, 9.17) is 0 Å². The summed E-state index contributed by atoms with van der Waals surface area (Å²) in [6.07, 6.45) is 7.01. The molecule has 1 atom stereocenters. The molecule has 1 N–H and O–H groups in total. The maximum atomic E-state index is 9.58. The molecule has 1 aliphatic carbocycles. The number of fused-ring (bicyclic) bond motifs is 1. The molecule has 2 heterocycles. The van der Waals surface area contributed by atoms with Crippen LogP contribution in [0.5, 0.6) is 0 Å². The Morgan fingerprint density at radius 1 is 1.25 bits per heavy atom. The van der Waals surface area contributed by atoms with Gasteiger partial charge in [-0.3, -0.25) is 0 Å². The van der Waals surface area contributed by atoms with Gasteiger partial charge < -0.3 is 10.0 Å². The fraction of sp³-hybridized carbons (Fsp3) is 0.667. The van der Waals surface area contributed by atoms with Crippen LogP contribution in [-0.2, 0) is 12.8 Å². The molecule has 0 aromatic carbocycles. The molecule has 2 aliphatic rings. The molecule has 16 heavy (non-hydrogen) atoms. The highest BCUT2D eigenvalue weighted by Gasteiger charge is 2.25. The van der Waals surface area contributed by atoms with Gasteiger partial charge in [-0.25, -0.2) is 9.97 Å². The molecule has 1 aromatic rings. The third-order valence-electron chi connectivity index (χ3n) is 3.57.